The molecule has 2 aromatic heterocycles. The molecule has 1 amide bonds. The Morgan fingerprint density at radius 1 is 1.50 bits per heavy atom. The highest BCUT2D eigenvalue weighted by Gasteiger charge is 2.23. The van der Waals surface area contributed by atoms with Crippen LogP contribution >= 0.6 is 0 Å². The second-order valence-corrected chi connectivity index (χ2v) is 5.71. The van der Waals surface area contributed by atoms with Crippen molar-refractivity contribution in [1.29, 1.82) is 0 Å². The molecule has 1 N–H and O–H groups in total. The molecular formula is C15H19N5O2. The number of amides is 1. The molecule has 0 radical (unpaired) electrons. The fourth-order valence-electron chi connectivity index (χ4n) is 2.61. The van der Waals surface area contributed by atoms with E-state index < -0.39 is 0 Å². The van der Waals surface area contributed by atoms with Gasteiger partial charge in [0.05, 0.1) is 0 Å². The van der Waals surface area contributed by atoms with E-state index in [9.17, 15) is 4.79 Å². The van der Waals surface area contributed by atoms with Gasteiger partial charge >= 0.3 is 0 Å². The molecule has 0 aliphatic carbocycles. The van der Waals surface area contributed by atoms with Crippen molar-refractivity contribution in [3.8, 4) is 0 Å². The van der Waals surface area contributed by atoms with E-state index in [0.717, 1.165) is 19.5 Å². The minimum absolute atomic E-state index is 0.0478. The molecule has 0 aromatic carbocycles. The van der Waals surface area contributed by atoms with Crippen LogP contribution in [0.1, 0.15) is 36.0 Å². The number of nitrogens with one attached hydrogen (secondary N) is 1. The molecule has 1 aliphatic rings. The summed E-state index contributed by atoms with van der Waals surface area (Å²) in [5.41, 5.74) is 0.395. The number of rotatable bonds is 3. The topological polar surface area (TPSA) is 84.2 Å². The SMILES string of the molecule is Cc1cc(Nc2nccc(C(=O)N3CCCC(C)C3)n2)no1. The number of carbonyl (C=O) groups excluding carboxylic acids is 1. The van der Waals surface area contributed by atoms with Crippen LogP contribution < -0.4 is 5.32 Å². The lowest BCUT2D eigenvalue weighted by Crippen LogP contribution is -2.39. The molecule has 2 aromatic rings. The van der Waals surface area contributed by atoms with E-state index in [0.29, 0.717) is 29.1 Å². The van der Waals surface area contributed by atoms with Gasteiger partial charge in [-0.3, -0.25) is 4.79 Å². The summed E-state index contributed by atoms with van der Waals surface area (Å²) in [6.45, 7) is 5.54. The zero-order valence-electron chi connectivity index (χ0n) is 12.7. The second-order valence-electron chi connectivity index (χ2n) is 5.71. The summed E-state index contributed by atoms with van der Waals surface area (Å²) in [7, 11) is 0. The number of piperidine rings is 1. The largest absolute Gasteiger partial charge is 0.360 e. The fraction of sp³-hybridized carbons (Fsp3) is 0.467. The molecule has 1 fully saturated rings. The van der Waals surface area contributed by atoms with Gasteiger partial charge in [-0.25, -0.2) is 9.97 Å². The maximum atomic E-state index is 12.5. The van der Waals surface area contributed by atoms with Gasteiger partial charge in [0.15, 0.2) is 5.82 Å². The molecule has 1 aliphatic heterocycles. The minimum Gasteiger partial charge on any atom is -0.360 e. The molecule has 3 heterocycles. The Morgan fingerprint density at radius 3 is 3.09 bits per heavy atom. The number of likely N-dealkylation sites (tertiary alicyclic amines) is 1. The number of carbonyl (C=O) groups is 1. The summed E-state index contributed by atoms with van der Waals surface area (Å²) in [6, 6.07) is 3.38. The summed E-state index contributed by atoms with van der Waals surface area (Å²) >= 11 is 0. The van der Waals surface area contributed by atoms with Gasteiger partial charge in [0.1, 0.15) is 11.5 Å². The van der Waals surface area contributed by atoms with Crippen LogP contribution in [0.3, 0.4) is 0 Å². The number of hydrogen-bond acceptors (Lipinski definition) is 6. The van der Waals surface area contributed by atoms with Crippen LogP contribution in [-0.4, -0.2) is 39.0 Å². The normalized spacial score (nSPS) is 18.3. The standard InChI is InChI=1S/C15H19N5O2/c1-10-4-3-7-20(9-10)14(21)12-5-6-16-15(17-12)18-13-8-11(2)22-19-13/h5-6,8,10H,3-4,7,9H2,1-2H3,(H,16,17,18,19). The van der Waals surface area contributed by atoms with Gasteiger partial charge in [0, 0.05) is 25.4 Å². The lowest BCUT2D eigenvalue weighted by atomic mass is 10.00. The van der Waals surface area contributed by atoms with Crippen molar-refractivity contribution >= 4 is 17.7 Å². The van der Waals surface area contributed by atoms with Crippen LogP contribution in [0, 0.1) is 12.8 Å². The van der Waals surface area contributed by atoms with Crippen LogP contribution in [0.5, 0.6) is 0 Å². The van der Waals surface area contributed by atoms with Crippen molar-refractivity contribution < 1.29 is 9.32 Å². The molecule has 0 bridgehead atoms. The molecule has 1 saturated heterocycles. The highest BCUT2D eigenvalue weighted by atomic mass is 16.5. The third-order valence-electron chi connectivity index (χ3n) is 3.69. The zero-order valence-corrected chi connectivity index (χ0v) is 12.7. The monoisotopic (exact) mass is 301 g/mol. The van der Waals surface area contributed by atoms with Crippen molar-refractivity contribution in [2.75, 3.05) is 18.4 Å². The van der Waals surface area contributed by atoms with E-state index in [4.69, 9.17) is 4.52 Å². The zero-order chi connectivity index (χ0) is 15.5. The Hall–Kier alpha value is -2.44. The molecule has 7 nitrogen and oxygen atoms in total. The average Bonchev–Trinajstić information content (AvgIpc) is 2.92. The second kappa shape index (κ2) is 6.13. The molecule has 0 spiro atoms. The number of anilines is 2. The first-order valence-electron chi connectivity index (χ1n) is 7.44. The summed E-state index contributed by atoms with van der Waals surface area (Å²) in [6.07, 6.45) is 3.79. The molecule has 7 heteroatoms. The fourth-order valence-corrected chi connectivity index (χ4v) is 2.61. The van der Waals surface area contributed by atoms with Gasteiger partial charge in [-0.15, -0.1) is 0 Å². The number of aryl methyl sites for hydroxylation is 1. The molecule has 3 rings (SSSR count). The average molecular weight is 301 g/mol. The molecule has 1 atom stereocenters. The number of aromatic nitrogens is 3. The summed E-state index contributed by atoms with van der Waals surface area (Å²) in [5, 5.41) is 6.76. The first-order valence-corrected chi connectivity index (χ1v) is 7.44. The van der Waals surface area contributed by atoms with Gasteiger partial charge in [0.25, 0.3) is 5.91 Å². The van der Waals surface area contributed by atoms with E-state index in [-0.39, 0.29) is 5.91 Å². The predicted molar refractivity (Wildman–Crippen MR) is 80.9 cm³/mol. The molecule has 116 valence electrons. The third-order valence-corrected chi connectivity index (χ3v) is 3.69. The summed E-state index contributed by atoms with van der Waals surface area (Å²) in [5.74, 6) is 2.04. The molecule has 1 unspecified atom stereocenters. The lowest BCUT2D eigenvalue weighted by Gasteiger charge is -2.30. The Bertz CT molecular complexity index is 669. The Balaban J connectivity index is 1.74. The van der Waals surface area contributed by atoms with Crippen molar-refractivity contribution in [2.24, 2.45) is 5.92 Å². The van der Waals surface area contributed by atoms with Gasteiger partial charge in [-0.1, -0.05) is 12.1 Å². The van der Waals surface area contributed by atoms with E-state index in [1.54, 1.807) is 25.3 Å². The van der Waals surface area contributed by atoms with Gasteiger partial charge in [0.2, 0.25) is 5.95 Å². The third kappa shape index (κ3) is 3.24. The first-order chi connectivity index (χ1) is 10.6. The van der Waals surface area contributed by atoms with Crippen molar-refractivity contribution in [3.05, 3.63) is 29.8 Å². The number of nitrogens with zero attached hydrogens (tertiary/aromatic N) is 4. The molecule has 0 saturated carbocycles. The molecular weight excluding hydrogens is 282 g/mol. The van der Waals surface area contributed by atoms with E-state index in [2.05, 4.69) is 27.4 Å². The van der Waals surface area contributed by atoms with E-state index >= 15 is 0 Å². The maximum absolute atomic E-state index is 12.5. The van der Waals surface area contributed by atoms with Gasteiger partial charge < -0.3 is 14.7 Å². The van der Waals surface area contributed by atoms with E-state index in [1.807, 2.05) is 4.90 Å². The smallest absolute Gasteiger partial charge is 0.272 e. The summed E-state index contributed by atoms with van der Waals surface area (Å²) < 4.78 is 4.98. The quantitative estimate of drug-likeness (QED) is 0.937. The number of hydrogen-bond donors (Lipinski definition) is 1. The van der Waals surface area contributed by atoms with Gasteiger partial charge in [-0.05, 0) is 31.7 Å². The first kappa shape index (κ1) is 14.5. The predicted octanol–water partition coefficient (Wildman–Crippen LogP) is 2.39. The Kier molecular flexibility index (Phi) is 4.04. The lowest BCUT2D eigenvalue weighted by molar-refractivity contribution is 0.0677. The highest BCUT2D eigenvalue weighted by molar-refractivity contribution is 5.92. The minimum atomic E-state index is -0.0478. The Labute approximate surface area is 128 Å². The highest BCUT2D eigenvalue weighted by Crippen LogP contribution is 2.18. The van der Waals surface area contributed by atoms with Crippen LogP contribution in [0.15, 0.2) is 22.9 Å². The van der Waals surface area contributed by atoms with Crippen LogP contribution in [0.2, 0.25) is 0 Å². The van der Waals surface area contributed by atoms with Crippen LogP contribution in [0.4, 0.5) is 11.8 Å². The van der Waals surface area contributed by atoms with Crippen LogP contribution in [0.25, 0.3) is 0 Å². The van der Waals surface area contributed by atoms with Crippen LogP contribution in [-0.2, 0) is 0 Å². The van der Waals surface area contributed by atoms with Crippen molar-refractivity contribution in [3.63, 3.8) is 0 Å². The molecule has 22 heavy (non-hydrogen) atoms. The van der Waals surface area contributed by atoms with Crippen molar-refractivity contribution in [2.45, 2.75) is 26.7 Å². The van der Waals surface area contributed by atoms with Gasteiger partial charge in [-0.2, -0.15) is 0 Å². The Morgan fingerprint density at radius 2 is 2.36 bits per heavy atom. The summed E-state index contributed by atoms with van der Waals surface area (Å²) in [4.78, 5) is 22.8. The van der Waals surface area contributed by atoms with E-state index in [1.165, 1.54) is 6.42 Å². The van der Waals surface area contributed by atoms with Crippen molar-refractivity contribution in [1.82, 2.24) is 20.0 Å². The maximum Gasteiger partial charge on any atom is 0.272 e.